The maximum Gasteiger partial charge on any atom is 0.302 e. The molecule has 1 aromatic carbocycles. The molecule has 0 aliphatic carbocycles. The molecule has 0 bridgehead atoms. The predicted octanol–water partition coefficient (Wildman–Crippen LogP) is 3.70. The highest BCUT2D eigenvalue weighted by Crippen LogP contribution is 2.35. The summed E-state index contributed by atoms with van der Waals surface area (Å²) in [6.07, 6.45) is 1.54. The van der Waals surface area contributed by atoms with E-state index < -0.39 is 11.8 Å². The van der Waals surface area contributed by atoms with Crippen LogP contribution in [0.2, 0.25) is 0 Å². The third-order valence-corrected chi connectivity index (χ3v) is 5.14. The molecule has 0 spiro atoms. The van der Waals surface area contributed by atoms with Crippen molar-refractivity contribution in [3.63, 3.8) is 0 Å². The van der Waals surface area contributed by atoms with Gasteiger partial charge < -0.3 is 14.2 Å². The number of carbonyl (C=O) groups is 1. The number of aryl methyl sites for hydroxylation is 1. The maximum atomic E-state index is 14.4. The van der Waals surface area contributed by atoms with Crippen LogP contribution in [0.1, 0.15) is 12.5 Å². The van der Waals surface area contributed by atoms with Gasteiger partial charge in [0.2, 0.25) is 5.88 Å². The number of pyridine rings is 1. The molecule has 0 unspecified atom stereocenters. The highest BCUT2D eigenvalue weighted by molar-refractivity contribution is 7.21. The average Bonchev–Trinajstić information content (AvgIpc) is 3.12. The molecule has 0 saturated heterocycles. The lowest BCUT2D eigenvalue weighted by Gasteiger charge is -2.06. The Morgan fingerprint density at radius 1 is 1.13 bits per heavy atom. The molecule has 0 N–H and O–H groups in total. The average molecular weight is 428 g/mol. The minimum atomic E-state index is -0.638. The van der Waals surface area contributed by atoms with Crippen molar-refractivity contribution in [2.45, 2.75) is 13.8 Å². The molecule has 0 amide bonds. The second kappa shape index (κ2) is 8.15. The van der Waals surface area contributed by atoms with E-state index in [1.807, 2.05) is 19.1 Å². The van der Waals surface area contributed by atoms with Crippen LogP contribution in [0.3, 0.4) is 0 Å². The quantitative estimate of drug-likeness (QED) is 0.339. The van der Waals surface area contributed by atoms with Gasteiger partial charge in [-0.25, -0.2) is 19.3 Å². The van der Waals surface area contributed by atoms with E-state index in [9.17, 15) is 9.18 Å². The Balaban J connectivity index is 1.71. The number of thiazole rings is 1. The van der Waals surface area contributed by atoms with Gasteiger partial charge >= 0.3 is 5.97 Å². The Kier molecular flexibility index (Phi) is 5.40. The molecule has 10 heteroatoms. The summed E-state index contributed by atoms with van der Waals surface area (Å²) < 4.78 is 29.6. The van der Waals surface area contributed by atoms with Crippen LogP contribution in [0, 0.1) is 12.7 Å². The van der Waals surface area contributed by atoms with Gasteiger partial charge in [-0.05, 0) is 24.6 Å². The molecular formula is C20H17FN4O4S. The van der Waals surface area contributed by atoms with E-state index in [-0.39, 0.29) is 19.1 Å². The number of hydrogen-bond acceptors (Lipinski definition) is 9. The van der Waals surface area contributed by atoms with Gasteiger partial charge in [0.1, 0.15) is 28.6 Å². The highest BCUT2D eigenvalue weighted by Gasteiger charge is 2.17. The Labute approximate surface area is 174 Å². The summed E-state index contributed by atoms with van der Waals surface area (Å²) in [6, 6.07) is 5.14. The summed E-state index contributed by atoms with van der Waals surface area (Å²) in [5.74, 6) is -0.812. The number of aromatic nitrogens is 4. The van der Waals surface area contributed by atoms with Crippen LogP contribution in [-0.2, 0) is 9.53 Å². The van der Waals surface area contributed by atoms with Crippen LogP contribution in [-0.4, -0.2) is 46.2 Å². The monoisotopic (exact) mass is 428 g/mol. The molecule has 0 aliphatic heterocycles. The van der Waals surface area contributed by atoms with E-state index >= 15 is 0 Å². The van der Waals surface area contributed by atoms with Crippen LogP contribution in [0.25, 0.3) is 32.0 Å². The van der Waals surface area contributed by atoms with Crippen molar-refractivity contribution in [2.75, 3.05) is 20.3 Å². The molecule has 154 valence electrons. The molecule has 3 heterocycles. The van der Waals surface area contributed by atoms with Crippen LogP contribution in [0.4, 0.5) is 4.39 Å². The molecule has 0 atom stereocenters. The Bertz CT molecular complexity index is 1260. The first-order valence-electron chi connectivity index (χ1n) is 8.99. The predicted molar refractivity (Wildman–Crippen MR) is 109 cm³/mol. The summed E-state index contributed by atoms with van der Waals surface area (Å²) >= 11 is 1.30. The molecular weight excluding hydrogens is 411 g/mol. The number of benzene rings is 1. The fraction of sp³-hybridized carbons (Fsp3) is 0.250. The van der Waals surface area contributed by atoms with E-state index in [1.165, 1.54) is 31.4 Å². The number of esters is 1. The highest BCUT2D eigenvalue weighted by atomic mass is 32.1. The van der Waals surface area contributed by atoms with Gasteiger partial charge in [0.05, 0.1) is 24.3 Å². The summed E-state index contributed by atoms with van der Waals surface area (Å²) in [6.45, 7) is 3.25. The minimum absolute atomic E-state index is 0.000603. The van der Waals surface area contributed by atoms with Gasteiger partial charge in [0.25, 0.3) is 5.88 Å². The standard InChI is InChI=1S/C20H17FN4O4S/c1-10-6-12(17-14(7-10)23-16(27-3)9-22-17)19-24-15-8-13(21)18(25-20(15)30-19)29-5-4-28-11(2)26/h6-9H,4-5H2,1-3H3. The number of methoxy groups -OCH3 is 1. The lowest BCUT2D eigenvalue weighted by molar-refractivity contribution is -0.141. The fourth-order valence-corrected chi connectivity index (χ4v) is 3.81. The number of rotatable bonds is 6. The molecule has 4 aromatic rings. The van der Waals surface area contributed by atoms with Gasteiger partial charge in [0, 0.05) is 18.6 Å². The Morgan fingerprint density at radius 2 is 1.97 bits per heavy atom. The Hall–Kier alpha value is -3.40. The van der Waals surface area contributed by atoms with Gasteiger partial charge in [-0.1, -0.05) is 11.3 Å². The summed E-state index contributed by atoms with van der Waals surface area (Å²) in [5, 5.41) is 0.641. The van der Waals surface area contributed by atoms with Crippen LogP contribution in [0.5, 0.6) is 11.8 Å². The molecule has 0 fully saturated rings. The number of halogens is 1. The molecule has 0 aliphatic rings. The van der Waals surface area contributed by atoms with Crippen molar-refractivity contribution in [3.05, 3.63) is 35.8 Å². The molecule has 0 radical (unpaired) electrons. The van der Waals surface area contributed by atoms with E-state index in [2.05, 4.69) is 19.9 Å². The third kappa shape index (κ3) is 3.99. The van der Waals surface area contributed by atoms with Crippen LogP contribution >= 0.6 is 11.3 Å². The van der Waals surface area contributed by atoms with E-state index in [0.717, 1.165) is 11.1 Å². The van der Waals surface area contributed by atoms with Crippen LogP contribution in [0.15, 0.2) is 24.4 Å². The SMILES string of the molecule is COc1cnc2c(-c3nc4cc(F)c(OCCOC(C)=O)nc4s3)cc(C)cc2n1. The summed E-state index contributed by atoms with van der Waals surface area (Å²) in [5.41, 5.74) is 3.51. The number of fused-ring (bicyclic) bond motifs is 2. The minimum Gasteiger partial charge on any atom is -0.480 e. The smallest absolute Gasteiger partial charge is 0.302 e. The van der Waals surface area contributed by atoms with Crippen molar-refractivity contribution in [2.24, 2.45) is 0 Å². The summed E-state index contributed by atoms with van der Waals surface area (Å²) in [4.78, 5) is 29.0. The van der Waals surface area contributed by atoms with Crippen molar-refractivity contribution in [1.29, 1.82) is 0 Å². The molecule has 3 aromatic heterocycles. The molecule has 4 rings (SSSR count). The summed E-state index contributed by atoms with van der Waals surface area (Å²) in [7, 11) is 1.53. The zero-order chi connectivity index (χ0) is 21.3. The van der Waals surface area contributed by atoms with Gasteiger partial charge in [0.15, 0.2) is 5.82 Å². The van der Waals surface area contributed by atoms with E-state index in [4.69, 9.17) is 14.2 Å². The largest absolute Gasteiger partial charge is 0.480 e. The zero-order valence-corrected chi connectivity index (χ0v) is 17.2. The lowest BCUT2D eigenvalue weighted by atomic mass is 10.1. The normalized spacial score (nSPS) is 11.1. The number of ether oxygens (including phenoxy) is 3. The van der Waals surface area contributed by atoms with Crippen molar-refractivity contribution < 1.29 is 23.4 Å². The maximum absolute atomic E-state index is 14.4. The first kappa shape index (κ1) is 19.9. The first-order valence-corrected chi connectivity index (χ1v) is 9.81. The fourth-order valence-electron chi connectivity index (χ4n) is 2.87. The van der Waals surface area contributed by atoms with Crippen molar-refractivity contribution in [1.82, 2.24) is 19.9 Å². The topological polar surface area (TPSA) is 96.3 Å². The number of hydrogen-bond donors (Lipinski definition) is 0. The van der Waals surface area contributed by atoms with Crippen molar-refractivity contribution >= 4 is 38.7 Å². The number of carbonyl (C=O) groups excluding carboxylic acids is 1. The molecule has 30 heavy (non-hydrogen) atoms. The second-order valence-corrected chi connectivity index (χ2v) is 7.38. The molecule has 8 nitrogen and oxygen atoms in total. The van der Waals surface area contributed by atoms with Gasteiger partial charge in [-0.15, -0.1) is 0 Å². The first-order chi connectivity index (χ1) is 14.4. The molecule has 0 saturated carbocycles. The second-order valence-electron chi connectivity index (χ2n) is 6.40. The van der Waals surface area contributed by atoms with Crippen LogP contribution < -0.4 is 9.47 Å². The van der Waals surface area contributed by atoms with Gasteiger partial charge in [-0.3, -0.25) is 4.79 Å². The third-order valence-electron chi connectivity index (χ3n) is 4.14. The lowest BCUT2D eigenvalue weighted by Crippen LogP contribution is -2.10. The van der Waals surface area contributed by atoms with E-state index in [0.29, 0.717) is 32.3 Å². The Morgan fingerprint density at radius 3 is 2.73 bits per heavy atom. The number of nitrogens with zero attached hydrogens (tertiary/aromatic N) is 4. The zero-order valence-electron chi connectivity index (χ0n) is 16.4. The van der Waals surface area contributed by atoms with Gasteiger partial charge in [-0.2, -0.15) is 4.98 Å². The van der Waals surface area contributed by atoms with E-state index in [1.54, 1.807) is 6.20 Å². The van der Waals surface area contributed by atoms with Crippen molar-refractivity contribution in [3.8, 4) is 22.3 Å².